The number of methoxy groups -OCH3 is 1. The maximum atomic E-state index is 12.9. The summed E-state index contributed by atoms with van der Waals surface area (Å²) >= 11 is 0. The lowest BCUT2D eigenvalue weighted by molar-refractivity contribution is -0.0992. The normalized spacial score (nSPS) is 29.5. The fourth-order valence-corrected chi connectivity index (χ4v) is 3.97. The molecule has 2 heterocycles. The summed E-state index contributed by atoms with van der Waals surface area (Å²) in [6.45, 7) is 0.998. The maximum absolute atomic E-state index is 12.9. The number of aromatic nitrogens is 1. The van der Waals surface area contributed by atoms with E-state index in [1.165, 1.54) is 6.20 Å². The molecule has 7 nitrogen and oxygen atoms in total. The number of aliphatic hydroxyl groups excluding tert-OH is 1. The van der Waals surface area contributed by atoms with Crippen molar-refractivity contribution >= 4 is 11.7 Å². The maximum Gasteiger partial charge on any atom is 0.255 e. The van der Waals surface area contributed by atoms with Crippen LogP contribution in [0, 0.1) is 0 Å². The van der Waals surface area contributed by atoms with E-state index in [1.807, 2.05) is 4.90 Å². The monoisotopic (exact) mass is 335 g/mol. The molecule has 2 aliphatic rings. The van der Waals surface area contributed by atoms with Crippen molar-refractivity contribution in [2.24, 2.45) is 0 Å². The van der Waals surface area contributed by atoms with Gasteiger partial charge in [0.05, 0.1) is 36.5 Å². The minimum atomic E-state index is -0.296. The van der Waals surface area contributed by atoms with E-state index >= 15 is 0 Å². The Labute approximate surface area is 141 Å². The Morgan fingerprint density at radius 3 is 3.00 bits per heavy atom. The van der Waals surface area contributed by atoms with Crippen LogP contribution in [0.25, 0.3) is 0 Å². The Morgan fingerprint density at radius 1 is 1.50 bits per heavy atom. The molecule has 1 aliphatic heterocycles. The number of carbonyl (C=O) groups is 1. The average Bonchev–Trinajstić information content (AvgIpc) is 2.99. The Morgan fingerprint density at radius 2 is 2.33 bits per heavy atom. The summed E-state index contributed by atoms with van der Waals surface area (Å²) in [5.74, 6) is 0.351. The molecule has 0 aromatic carbocycles. The minimum Gasteiger partial charge on any atom is -0.394 e. The number of aliphatic hydroxyl groups is 1. The zero-order chi connectivity index (χ0) is 17.2. The number of amides is 1. The van der Waals surface area contributed by atoms with Crippen molar-refractivity contribution in [1.29, 1.82) is 0 Å². The Bertz CT molecular complexity index is 580. The van der Waals surface area contributed by atoms with Crippen LogP contribution < -0.4 is 5.73 Å². The molecule has 1 saturated carbocycles. The lowest BCUT2D eigenvalue weighted by Crippen LogP contribution is -2.53. The van der Waals surface area contributed by atoms with Gasteiger partial charge in [0.15, 0.2) is 0 Å². The molecule has 2 unspecified atom stereocenters. The Balaban J connectivity index is 1.78. The molecule has 1 saturated heterocycles. The predicted molar refractivity (Wildman–Crippen MR) is 88.5 cm³/mol. The number of pyridine rings is 1. The summed E-state index contributed by atoms with van der Waals surface area (Å²) in [4.78, 5) is 18.8. The van der Waals surface area contributed by atoms with Gasteiger partial charge in [-0.2, -0.15) is 0 Å². The summed E-state index contributed by atoms with van der Waals surface area (Å²) in [5, 5.41) is 8.96. The Hall–Kier alpha value is -1.70. The molecular weight excluding hydrogens is 310 g/mol. The number of hydrogen-bond acceptors (Lipinski definition) is 6. The van der Waals surface area contributed by atoms with Crippen molar-refractivity contribution in [1.82, 2.24) is 9.88 Å². The molecule has 132 valence electrons. The standard InChI is InChI=1S/C17H25N3O4/c1-23-17-5-4-13(24-9-8-21)10-14(17)20(7-6-17)16(22)12-2-3-15(18)19-11-12/h2-3,11,13-14,21H,4-10H2,1H3,(H2,18,19)/t13?,14?,17-/m1/s1. The largest absolute Gasteiger partial charge is 0.394 e. The summed E-state index contributed by atoms with van der Waals surface area (Å²) in [7, 11) is 1.72. The molecule has 7 heteroatoms. The number of carbonyl (C=O) groups excluding carboxylic acids is 1. The van der Waals surface area contributed by atoms with Gasteiger partial charge in [0.1, 0.15) is 5.82 Å². The van der Waals surface area contributed by atoms with Crippen molar-refractivity contribution in [2.45, 2.75) is 43.4 Å². The van der Waals surface area contributed by atoms with Crippen molar-refractivity contribution in [2.75, 3.05) is 32.6 Å². The minimum absolute atomic E-state index is 0.0103. The third-order valence-corrected chi connectivity index (χ3v) is 5.28. The molecule has 1 aromatic heterocycles. The average molecular weight is 335 g/mol. The number of anilines is 1. The molecule has 3 N–H and O–H groups in total. The molecule has 1 aromatic rings. The number of rotatable bonds is 5. The van der Waals surface area contributed by atoms with Crippen LogP contribution in [0.2, 0.25) is 0 Å². The van der Waals surface area contributed by atoms with Gasteiger partial charge in [0.2, 0.25) is 0 Å². The first-order valence-corrected chi connectivity index (χ1v) is 8.40. The lowest BCUT2D eigenvalue weighted by Gasteiger charge is -2.43. The van der Waals surface area contributed by atoms with E-state index in [1.54, 1.807) is 19.2 Å². The molecule has 0 radical (unpaired) electrons. The molecule has 1 amide bonds. The summed E-state index contributed by atoms with van der Waals surface area (Å²) < 4.78 is 11.6. The molecule has 2 fully saturated rings. The van der Waals surface area contributed by atoms with E-state index in [-0.39, 0.29) is 30.3 Å². The fraction of sp³-hybridized carbons (Fsp3) is 0.647. The number of nitrogen functional groups attached to an aromatic ring is 1. The van der Waals surface area contributed by atoms with Gasteiger partial charge in [0.25, 0.3) is 5.91 Å². The van der Waals surface area contributed by atoms with Crippen LogP contribution in [-0.4, -0.2) is 65.5 Å². The van der Waals surface area contributed by atoms with Gasteiger partial charge >= 0.3 is 0 Å². The quantitative estimate of drug-likeness (QED) is 0.827. The fourth-order valence-electron chi connectivity index (χ4n) is 3.97. The Kier molecular flexibility index (Phi) is 5.03. The van der Waals surface area contributed by atoms with Crippen molar-refractivity contribution in [3.8, 4) is 0 Å². The highest BCUT2D eigenvalue weighted by atomic mass is 16.5. The van der Waals surface area contributed by atoms with E-state index in [2.05, 4.69) is 4.98 Å². The van der Waals surface area contributed by atoms with Gasteiger partial charge in [-0.3, -0.25) is 4.79 Å². The highest BCUT2D eigenvalue weighted by Crippen LogP contribution is 2.43. The number of hydrogen-bond donors (Lipinski definition) is 2. The first-order valence-electron chi connectivity index (χ1n) is 8.40. The molecule has 3 rings (SSSR count). The van der Waals surface area contributed by atoms with Gasteiger partial charge in [-0.1, -0.05) is 0 Å². The smallest absolute Gasteiger partial charge is 0.255 e. The predicted octanol–water partition coefficient (Wildman–Crippen LogP) is 0.825. The summed E-state index contributed by atoms with van der Waals surface area (Å²) in [6.07, 6.45) is 4.86. The lowest BCUT2D eigenvalue weighted by atomic mass is 9.79. The summed E-state index contributed by atoms with van der Waals surface area (Å²) in [6, 6.07) is 3.33. The van der Waals surface area contributed by atoms with Crippen LogP contribution >= 0.6 is 0 Å². The van der Waals surface area contributed by atoms with Crippen LogP contribution in [0.15, 0.2) is 18.3 Å². The third-order valence-electron chi connectivity index (χ3n) is 5.28. The van der Waals surface area contributed by atoms with Gasteiger partial charge in [-0.15, -0.1) is 0 Å². The van der Waals surface area contributed by atoms with Gasteiger partial charge in [0, 0.05) is 19.9 Å². The van der Waals surface area contributed by atoms with E-state index in [0.29, 0.717) is 24.5 Å². The van der Waals surface area contributed by atoms with Crippen molar-refractivity contribution in [3.63, 3.8) is 0 Å². The van der Waals surface area contributed by atoms with Crippen LogP contribution in [0.5, 0.6) is 0 Å². The zero-order valence-electron chi connectivity index (χ0n) is 14.0. The highest BCUT2D eigenvalue weighted by Gasteiger charge is 2.52. The van der Waals surface area contributed by atoms with E-state index in [4.69, 9.17) is 20.3 Å². The van der Waals surface area contributed by atoms with Gasteiger partial charge < -0.3 is 25.2 Å². The topological polar surface area (TPSA) is 97.9 Å². The second kappa shape index (κ2) is 7.04. The van der Waals surface area contributed by atoms with Gasteiger partial charge in [-0.05, 0) is 37.8 Å². The molecule has 0 bridgehead atoms. The van der Waals surface area contributed by atoms with E-state index in [9.17, 15) is 4.79 Å². The van der Waals surface area contributed by atoms with E-state index < -0.39 is 0 Å². The zero-order valence-corrected chi connectivity index (χ0v) is 14.0. The number of nitrogens with zero attached hydrogens (tertiary/aromatic N) is 2. The molecule has 3 atom stereocenters. The second-order valence-corrected chi connectivity index (χ2v) is 6.50. The first kappa shape index (κ1) is 17.1. The number of fused-ring (bicyclic) bond motifs is 1. The van der Waals surface area contributed by atoms with Crippen LogP contribution in [0.1, 0.15) is 36.0 Å². The number of nitrogens with two attached hydrogens (primary N) is 1. The summed E-state index contributed by atoms with van der Waals surface area (Å²) in [5.41, 5.74) is 5.84. The van der Waals surface area contributed by atoms with Crippen molar-refractivity contribution < 1.29 is 19.4 Å². The first-order chi connectivity index (χ1) is 11.6. The van der Waals surface area contributed by atoms with Crippen LogP contribution in [-0.2, 0) is 9.47 Å². The third kappa shape index (κ3) is 3.11. The van der Waals surface area contributed by atoms with Crippen LogP contribution in [0.3, 0.4) is 0 Å². The molecular formula is C17H25N3O4. The number of likely N-dealkylation sites (tertiary alicyclic amines) is 1. The number of ether oxygens (including phenoxy) is 2. The molecule has 24 heavy (non-hydrogen) atoms. The molecule has 1 aliphatic carbocycles. The van der Waals surface area contributed by atoms with Gasteiger partial charge in [-0.25, -0.2) is 4.98 Å². The van der Waals surface area contributed by atoms with E-state index in [0.717, 1.165) is 25.7 Å². The SMILES string of the molecule is CO[C@@]12CCC(OCCO)CC1N(C(=O)c1ccc(N)nc1)CC2. The van der Waals surface area contributed by atoms with Crippen LogP contribution in [0.4, 0.5) is 5.82 Å². The highest BCUT2D eigenvalue weighted by molar-refractivity contribution is 5.94. The van der Waals surface area contributed by atoms with Crippen molar-refractivity contribution in [3.05, 3.63) is 23.9 Å². The second-order valence-electron chi connectivity index (χ2n) is 6.50. The molecule has 0 spiro atoms.